The standard InChI is InChI=1S/C10H14N6O2/c1-10(2,3)4-16-9(18)15-5-12-6(7(11)17)8(15)13-14-16/h5H,4H2,1-3H3,(H2,11,17). The molecule has 0 aliphatic rings. The number of rotatable bonds is 2. The van der Waals surface area contributed by atoms with Crippen LogP contribution in [0.1, 0.15) is 31.3 Å². The van der Waals surface area contributed by atoms with Crippen LogP contribution >= 0.6 is 0 Å². The highest BCUT2D eigenvalue weighted by Gasteiger charge is 2.18. The van der Waals surface area contributed by atoms with Crippen molar-refractivity contribution in [2.45, 2.75) is 27.3 Å². The number of carbonyl (C=O) groups excluding carboxylic acids is 1. The molecule has 96 valence electrons. The summed E-state index contributed by atoms with van der Waals surface area (Å²) >= 11 is 0. The first-order valence-electron chi connectivity index (χ1n) is 5.40. The smallest absolute Gasteiger partial charge is 0.352 e. The largest absolute Gasteiger partial charge is 0.364 e. The molecule has 2 aromatic rings. The lowest BCUT2D eigenvalue weighted by Crippen LogP contribution is -2.34. The fourth-order valence-corrected chi connectivity index (χ4v) is 1.56. The van der Waals surface area contributed by atoms with Crippen LogP contribution in [0.25, 0.3) is 5.65 Å². The van der Waals surface area contributed by atoms with Gasteiger partial charge in [0.1, 0.15) is 6.33 Å². The fourth-order valence-electron chi connectivity index (χ4n) is 1.56. The van der Waals surface area contributed by atoms with Gasteiger partial charge >= 0.3 is 5.69 Å². The summed E-state index contributed by atoms with van der Waals surface area (Å²) in [5.41, 5.74) is 4.65. The van der Waals surface area contributed by atoms with Gasteiger partial charge in [0.05, 0.1) is 6.54 Å². The molecule has 2 rings (SSSR count). The molecule has 2 aromatic heterocycles. The van der Waals surface area contributed by atoms with Crippen molar-refractivity contribution in [3.63, 3.8) is 0 Å². The molecule has 0 aliphatic heterocycles. The van der Waals surface area contributed by atoms with Crippen molar-refractivity contribution in [2.75, 3.05) is 0 Å². The third-order valence-electron chi connectivity index (χ3n) is 2.27. The number of fused-ring (bicyclic) bond motifs is 1. The number of hydrogen-bond donors (Lipinski definition) is 1. The van der Waals surface area contributed by atoms with Crippen molar-refractivity contribution in [1.82, 2.24) is 24.4 Å². The topological polar surface area (TPSA) is 108 Å². The minimum absolute atomic E-state index is 0.0532. The summed E-state index contributed by atoms with van der Waals surface area (Å²) in [6.07, 6.45) is 1.23. The molecule has 1 amide bonds. The summed E-state index contributed by atoms with van der Waals surface area (Å²) in [5.74, 6) is -0.736. The minimum atomic E-state index is -0.736. The number of amides is 1. The normalized spacial score (nSPS) is 11.9. The third kappa shape index (κ3) is 2.08. The lowest BCUT2D eigenvalue weighted by atomic mass is 9.97. The highest BCUT2D eigenvalue weighted by atomic mass is 16.2. The molecule has 18 heavy (non-hydrogen) atoms. The van der Waals surface area contributed by atoms with E-state index in [-0.39, 0.29) is 16.8 Å². The van der Waals surface area contributed by atoms with E-state index < -0.39 is 11.6 Å². The Morgan fingerprint density at radius 1 is 1.44 bits per heavy atom. The number of imidazole rings is 1. The van der Waals surface area contributed by atoms with Crippen LogP contribution in [0.2, 0.25) is 0 Å². The zero-order valence-corrected chi connectivity index (χ0v) is 10.4. The molecule has 0 saturated heterocycles. The molecule has 0 fully saturated rings. The summed E-state index contributed by atoms with van der Waals surface area (Å²) in [6, 6.07) is 0. The second-order valence-corrected chi connectivity index (χ2v) is 5.24. The van der Waals surface area contributed by atoms with E-state index in [1.165, 1.54) is 15.4 Å². The molecule has 0 atom stereocenters. The van der Waals surface area contributed by atoms with Gasteiger partial charge in [-0.1, -0.05) is 26.0 Å². The molecule has 8 nitrogen and oxygen atoms in total. The van der Waals surface area contributed by atoms with Crippen LogP contribution in [0.5, 0.6) is 0 Å². The lowest BCUT2D eigenvalue weighted by Gasteiger charge is -2.17. The van der Waals surface area contributed by atoms with Gasteiger partial charge in [0, 0.05) is 0 Å². The molecule has 8 heteroatoms. The molecule has 2 heterocycles. The van der Waals surface area contributed by atoms with Gasteiger partial charge < -0.3 is 5.73 Å². The van der Waals surface area contributed by atoms with Gasteiger partial charge in [0.15, 0.2) is 11.3 Å². The molecule has 0 unspecified atom stereocenters. The Morgan fingerprint density at radius 2 is 2.11 bits per heavy atom. The molecular formula is C10H14N6O2. The van der Waals surface area contributed by atoms with E-state index in [4.69, 9.17) is 5.73 Å². The van der Waals surface area contributed by atoms with Crippen LogP contribution in [0.15, 0.2) is 11.1 Å². The monoisotopic (exact) mass is 250 g/mol. The Balaban J connectivity index is 2.60. The van der Waals surface area contributed by atoms with Gasteiger partial charge in [-0.2, -0.15) is 4.68 Å². The van der Waals surface area contributed by atoms with E-state index in [0.29, 0.717) is 6.54 Å². The van der Waals surface area contributed by atoms with Gasteiger partial charge in [-0.15, -0.1) is 5.10 Å². The van der Waals surface area contributed by atoms with Gasteiger partial charge in [-0.25, -0.2) is 14.2 Å². The van der Waals surface area contributed by atoms with Crippen LogP contribution in [0, 0.1) is 5.41 Å². The summed E-state index contributed by atoms with van der Waals surface area (Å²) in [7, 11) is 0. The summed E-state index contributed by atoms with van der Waals surface area (Å²) in [5, 5.41) is 7.61. The zero-order chi connectivity index (χ0) is 13.5. The van der Waals surface area contributed by atoms with E-state index in [2.05, 4.69) is 15.3 Å². The maximum Gasteiger partial charge on any atom is 0.352 e. The first-order valence-corrected chi connectivity index (χ1v) is 5.40. The summed E-state index contributed by atoms with van der Waals surface area (Å²) in [6.45, 7) is 6.36. The van der Waals surface area contributed by atoms with Crippen LogP contribution in [-0.2, 0) is 6.54 Å². The Morgan fingerprint density at radius 3 is 2.67 bits per heavy atom. The average Bonchev–Trinajstić information content (AvgIpc) is 2.64. The molecule has 0 saturated carbocycles. The quantitative estimate of drug-likeness (QED) is 0.767. The number of aromatic nitrogens is 5. The summed E-state index contributed by atoms with van der Waals surface area (Å²) < 4.78 is 2.40. The highest BCUT2D eigenvalue weighted by molar-refractivity contribution is 5.96. The number of primary amides is 1. The van der Waals surface area contributed by atoms with Crippen molar-refractivity contribution in [3.05, 3.63) is 22.5 Å². The maximum absolute atomic E-state index is 12.1. The van der Waals surface area contributed by atoms with Gasteiger partial charge in [-0.3, -0.25) is 4.79 Å². The second kappa shape index (κ2) is 3.90. The van der Waals surface area contributed by atoms with Crippen molar-refractivity contribution >= 4 is 11.6 Å². The predicted molar refractivity (Wildman–Crippen MR) is 63.0 cm³/mol. The first-order chi connectivity index (χ1) is 8.29. The van der Waals surface area contributed by atoms with Crippen LogP contribution in [0.3, 0.4) is 0 Å². The minimum Gasteiger partial charge on any atom is -0.364 e. The number of nitrogens with zero attached hydrogens (tertiary/aromatic N) is 5. The van der Waals surface area contributed by atoms with Crippen molar-refractivity contribution < 1.29 is 4.79 Å². The van der Waals surface area contributed by atoms with Crippen molar-refractivity contribution in [3.8, 4) is 0 Å². The van der Waals surface area contributed by atoms with Gasteiger partial charge in [-0.05, 0) is 5.41 Å². The van der Waals surface area contributed by atoms with Gasteiger partial charge in [0.25, 0.3) is 5.91 Å². The molecule has 0 radical (unpaired) electrons. The van der Waals surface area contributed by atoms with E-state index in [1.807, 2.05) is 20.8 Å². The molecule has 0 bridgehead atoms. The van der Waals surface area contributed by atoms with Crippen molar-refractivity contribution in [2.24, 2.45) is 11.1 Å². The molecule has 2 N–H and O–H groups in total. The van der Waals surface area contributed by atoms with Crippen LogP contribution in [-0.4, -0.2) is 30.3 Å². The van der Waals surface area contributed by atoms with Crippen LogP contribution in [0.4, 0.5) is 0 Å². The van der Waals surface area contributed by atoms with Crippen LogP contribution < -0.4 is 11.4 Å². The molecular weight excluding hydrogens is 236 g/mol. The van der Waals surface area contributed by atoms with E-state index in [1.54, 1.807) is 0 Å². The Hall–Kier alpha value is -2.25. The van der Waals surface area contributed by atoms with Gasteiger partial charge in [0.2, 0.25) is 0 Å². The van der Waals surface area contributed by atoms with E-state index >= 15 is 0 Å². The van der Waals surface area contributed by atoms with E-state index in [9.17, 15) is 9.59 Å². The average molecular weight is 250 g/mol. The summed E-state index contributed by atoms with van der Waals surface area (Å²) in [4.78, 5) is 26.9. The lowest BCUT2D eigenvalue weighted by molar-refractivity contribution is 0.0997. The molecule has 0 aromatic carbocycles. The fraction of sp³-hybridized carbons (Fsp3) is 0.500. The highest BCUT2D eigenvalue weighted by Crippen LogP contribution is 2.14. The van der Waals surface area contributed by atoms with Crippen molar-refractivity contribution in [1.29, 1.82) is 0 Å². The molecule has 0 spiro atoms. The SMILES string of the molecule is CC(C)(C)Cn1nnc2c(C(N)=O)ncn2c1=O. The first kappa shape index (κ1) is 12.2. The Labute approximate surface area is 102 Å². The number of hydrogen-bond acceptors (Lipinski definition) is 5. The van der Waals surface area contributed by atoms with E-state index in [0.717, 1.165) is 0 Å². The number of nitrogens with two attached hydrogens (primary N) is 1. The predicted octanol–water partition coefficient (Wildman–Crippen LogP) is -0.569. The number of carbonyl (C=O) groups is 1. The Bertz CT molecular complexity index is 663. The maximum atomic E-state index is 12.1. The Kier molecular flexibility index (Phi) is 2.64. The second-order valence-electron chi connectivity index (χ2n) is 5.24. The molecule has 0 aliphatic carbocycles. The zero-order valence-electron chi connectivity index (χ0n) is 10.4. The third-order valence-corrected chi connectivity index (χ3v) is 2.27.